The number of aryl methyl sites for hydroxylation is 1. The third kappa shape index (κ3) is 4.96. The van der Waals surface area contributed by atoms with Crippen LogP contribution >= 0.6 is 0 Å². The second kappa shape index (κ2) is 8.70. The predicted molar refractivity (Wildman–Crippen MR) is 85.3 cm³/mol. The van der Waals surface area contributed by atoms with E-state index in [2.05, 4.69) is 10.3 Å². The van der Waals surface area contributed by atoms with E-state index >= 15 is 0 Å². The molecule has 6 nitrogen and oxygen atoms in total. The van der Waals surface area contributed by atoms with E-state index in [-0.39, 0.29) is 5.91 Å². The van der Waals surface area contributed by atoms with Gasteiger partial charge in [-0.1, -0.05) is 6.92 Å². The third-order valence-corrected chi connectivity index (χ3v) is 3.43. The van der Waals surface area contributed by atoms with Gasteiger partial charge in [0.2, 0.25) is 5.88 Å². The van der Waals surface area contributed by atoms with Gasteiger partial charge in [-0.3, -0.25) is 4.79 Å². The molecule has 0 radical (unpaired) electrons. The molecule has 0 aliphatic rings. The van der Waals surface area contributed by atoms with Crippen molar-refractivity contribution in [1.29, 1.82) is 0 Å². The topological polar surface area (TPSA) is 69.7 Å². The summed E-state index contributed by atoms with van der Waals surface area (Å²) in [5, 5.41) is 2.85. The SMILES string of the molecule is CCO[C@](C)(CC)C(=O)Nc1cnc(OCCOC)c(C)c1. The molecule has 1 rings (SSSR count). The molecule has 0 fully saturated rings. The van der Waals surface area contributed by atoms with Crippen LogP contribution in [-0.4, -0.2) is 43.4 Å². The highest BCUT2D eigenvalue weighted by atomic mass is 16.5. The Balaban J connectivity index is 2.74. The number of hydrogen-bond donors (Lipinski definition) is 1. The summed E-state index contributed by atoms with van der Waals surface area (Å²) in [6.07, 6.45) is 2.17. The van der Waals surface area contributed by atoms with E-state index in [1.54, 1.807) is 20.2 Å². The Morgan fingerprint density at radius 1 is 1.36 bits per heavy atom. The number of hydrogen-bond acceptors (Lipinski definition) is 5. The Bertz CT molecular complexity index is 493. The van der Waals surface area contributed by atoms with E-state index in [1.807, 2.05) is 26.8 Å². The standard InChI is InChI=1S/C16H26N2O4/c1-6-16(4,22-7-2)15(19)18-13-10-12(3)14(17-11-13)21-9-8-20-5/h10-11H,6-9H2,1-5H3,(H,18,19)/t16-/m1/s1. The van der Waals surface area contributed by atoms with Gasteiger partial charge >= 0.3 is 0 Å². The Labute approximate surface area is 132 Å². The number of methoxy groups -OCH3 is 1. The zero-order chi connectivity index (χ0) is 16.6. The normalized spacial score (nSPS) is 13.5. The molecular formula is C16H26N2O4. The average Bonchev–Trinajstić information content (AvgIpc) is 2.49. The van der Waals surface area contributed by atoms with E-state index in [1.165, 1.54) is 0 Å². The highest BCUT2D eigenvalue weighted by molar-refractivity contribution is 5.97. The van der Waals surface area contributed by atoms with E-state index in [0.717, 1.165) is 5.56 Å². The van der Waals surface area contributed by atoms with Crippen molar-refractivity contribution in [3.63, 3.8) is 0 Å². The first-order valence-electron chi connectivity index (χ1n) is 7.50. The predicted octanol–water partition coefficient (Wildman–Crippen LogP) is 2.56. The molecule has 1 amide bonds. The first-order chi connectivity index (χ1) is 10.5. The third-order valence-electron chi connectivity index (χ3n) is 3.43. The summed E-state index contributed by atoms with van der Waals surface area (Å²) >= 11 is 0. The van der Waals surface area contributed by atoms with Crippen molar-refractivity contribution in [3.05, 3.63) is 17.8 Å². The molecule has 0 aliphatic carbocycles. The van der Waals surface area contributed by atoms with Gasteiger partial charge in [0, 0.05) is 19.3 Å². The van der Waals surface area contributed by atoms with E-state index < -0.39 is 5.60 Å². The Morgan fingerprint density at radius 2 is 2.09 bits per heavy atom. The lowest BCUT2D eigenvalue weighted by Crippen LogP contribution is -2.42. The fourth-order valence-electron chi connectivity index (χ4n) is 1.91. The Morgan fingerprint density at radius 3 is 2.64 bits per heavy atom. The molecule has 0 spiro atoms. The minimum Gasteiger partial charge on any atom is -0.475 e. The van der Waals surface area contributed by atoms with Crippen LogP contribution in [0.2, 0.25) is 0 Å². The summed E-state index contributed by atoms with van der Waals surface area (Å²) in [7, 11) is 1.62. The molecular weight excluding hydrogens is 284 g/mol. The van der Waals surface area contributed by atoms with Crippen molar-refractivity contribution >= 4 is 11.6 Å². The van der Waals surface area contributed by atoms with Gasteiger partial charge in [-0.25, -0.2) is 4.98 Å². The van der Waals surface area contributed by atoms with Gasteiger partial charge in [0.1, 0.15) is 12.2 Å². The summed E-state index contributed by atoms with van der Waals surface area (Å²) in [4.78, 5) is 16.6. The molecule has 1 aromatic rings. The summed E-state index contributed by atoms with van der Waals surface area (Å²) in [6, 6.07) is 1.83. The number of carbonyl (C=O) groups is 1. The number of aromatic nitrogens is 1. The van der Waals surface area contributed by atoms with E-state index in [4.69, 9.17) is 14.2 Å². The van der Waals surface area contributed by atoms with Gasteiger partial charge in [-0.05, 0) is 33.3 Å². The van der Waals surface area contributed by atoms with Crippen LogP contribution in [0.4, 0.5) is 5.69 Å². The van der Waals surface area contributed by atoms with Crippen LogP contribution in [0, 0.1) is 6.92 Å². The number of carbonyl (C=O) groups excluding carboxylic acids is 1. The molecule has 0 aliphatic heterocycles. The summed E-state index contributed by atoms with van der Waals surface area (Å²) in [5.74, 6) is 0.365. The van der Waals surface area contributed by atoms with Crippen LogP contribution in [0.15, 0.2) is 12.3 Å². The molecule has 0 saturated carbocycles. The summed E-state index contributed by atoms with van der Waals surface area (Å²) in [5.41, 5.74) is 0.639. The molecule has 0 aromatic carbocycles. The molecule has 22 heavy (non-hydrogen) atoms. The highest BCUT2D eigenvalue weighted by Gasteiger charge is 2.31. The lowest BCUT2D eigenvalue weighted by atomic mass is 10.0. The quantitative estimate of drug-likeness (QED) is 0.710. The first-order valence-corrected chi connectivity index (χ1v) is 7.50. The van der Waals surface area contributed by atoms with Crippen LogP contribution in [0.3, 0.4) is 0 Å². The zero-order valence-corrected chi connectivity index (χ0v) is 14.1. The number of rotatable bonds is 9. The highest BCUT2D eigenvalue weighted by Crippen LogP contribution is 2.21. The molecule has 1 N–H and O–H groups in total. The maximum Gasteiger partial charge on any atom is 0.256 e. The van der Waals surface area contributed by atoms with Gasteiger partial charge in [-0.15, -0.1) is 0 Å². The van der Waals surface area contributed by atoms with Gasteiger partial charge in [0.05, 0.1) is 18.5 Å². The number of pyridine rings is 1. The number of anilines is 1. The van der Waals surface area contributed by atoms with Crippen molar-refractivity contribution < 1.29 is 19.0 Å². The molecule has 0 bridgehead atoms. The number of nitrogens with zero attached hydrogens (tertiary/aromatic N) is 1. The Hall–Kier alpha value is -1.66. The van der Waals surface area contributed by atoms with Gasteiger partial charge in [0.25, 0.3) is 5.91 Å². The number of nitrogens with one attached hydrogen (secondary N) is 1. The van der Waals surface area contributed by atoms with E-state index in [0.29, 0.717) is 37.8 Å². The van der Waals surface area contributed by atoms with Crippen molar-refractivity contribution in [1.82, 2.24) is 4.98 Å². The Kier molecular flexibility index (Phi) is 7.27. The smallest absolute Gasteiger partial charge is 0.256 e. The summed E-state index contributed by atoms with van der Waals surface area (Å²) in [6.45, 7) is 8.89. The monoisotopic (exact) mass is 310 g/mol. The van der Waals surface area contributed by atoms with Crippen molar-refractivity contribution in [2.75, 3.05) is 32.2 Å². The van der Waals surface area contributed by atoms with Crippen molar-refractivity contribution in [3.8, 4) is 5.88 Å². The lowest BCUT2D eigenvalue weighted by Gasteiger charge is -2.26. The largest absolute Gasteiger partial charge is 0.475 e. The van der Waals surface area contributed by atoms with Crippen LogP contribution in [0.1, 0.15) is 32.8 Å². The number of amides is 1. The average molecular weight is 310 g/mol. The fraction of sp³-hybridized carbons (Fsp3) is 0.625. The minimum absolute atomic E-state index is 0.175. The maximum atomic E-state index is 12.4. The lowest BCUT2D eigenvalue weighted by molar-refractivity contribution is -0.139. The maximum absolute atomic E-state index is 12.4. The van der Waals surface area contributed by atoms with Gasteiger partial charge in [-0.2, -0.15) is 0 Å². The van der Waals surface area contributed by atoms with Crippen molar-refractivity contribution in [2.24, 2.45) is 0 Å². The van der Waals surface area contributed by atoms with E-state index in [9.17, 15) is 4.79 Å². The minimum atomic E-state index is -0.837. The second-order valence-corrected chi connectivity index (χ2v) is 5.16. The van der Waals surface area contributed by atoms with Crippen molar-refractivity contribution in [2.45, 2.75) is 39.7 Å². The molecule has 124 valence electrons. The van der Waals surface area contributed by atoms with Crippen LogP contribution in [-0.2, 0) is 14.3 Å². The molecule has 1 heterocycles. The zero-order valence-electron chi connectivity index (χ0n) is 14.1. The molecule has 0 saturated heterocycles. The first kappa shape index (κ1) is 18.4. The van der Waals surface area contributed by atoms with Gasteiger partial charge < -0.3 is 19.5 Å². The fourth-order valence-corrected chi connectivity index (χ4v) is 1.91. The number of ether oxygens (including phenoxy) is 3. The van der Waals surface area contributed by atoms with Crippen LogP contribution in [0.25, 0.3) is 0 Å². The van der Waals surface area contributed by atoms with Crippen LogP contribution in [0.5, 0.6) is 5.88 Å². The van der Waals surface area contributed by atoms with Crippen LogP contribution < -0.4 is 10.1 Å². The molecule has 1 aromatic heterocycles. The molecule has 6 heteroatoms. The summed E-state index contributed by atoms with van der Waals surface area (Å²) < 4.78 is 16.0. The molecule has 0 unspecified atom stereocenters. The second-order valence-electron chi connectivity index (χ2n) is 5.16. The molecule has 1 atom stereocenters. The van der Waals surface area contributed by atoms with Gasteiger partial charge in [0.15, 0.2) is 0 Å².